The Labute approximate surface area is 112 Å². The zero-order valence-corrected chi connectivity index (χ0v) is 11.6. The van der Waals surface area contributed by atoms with Crippen molar-refractivity contribution in [3.8, 4) is 0 Å². The van der Waals surface area contributed by atoms with E-state index in [1.807, 2.05) is 0 Å². The quantitative estimate of drug-likeness (QED) is 0.887. The fourth-order valence-corrected chi connectivity index (χ4v) is 2.63. The smallest absolute Gasteiger partial charge is 0.287 e. The van der Waals surface area contributed by atoms with Gasteiger partial charge in [-0.2, -0.15) is 5.10 Å². The van der Waals surface area contributed by atoms with Gasteiger partial charge in [-0.05, 0) is 19.4 Å². The van der Waals surface area contributed by atoms with Crippen LogP contribution in [0.15, 0.2) is 11.0 Å². The normalized spacial score (nSPS) is 19.2. The molecule has 1 N–H and O–H groups in total. The molecule has 5 nitrogen and oxygen atoms in total. The number of hydrogen-bond acceptors (Lipinski definition) is 4. The van der Waals surface area contributed by atoms with Gasteiger partial charge in [-0.1, -0.05) is 18.5 Å². The number of hydrogen-bond donors (Lipinski definition) is 1. The predicted molar refractivity (Wildman–Crippen MR) is 73.4 cm³/mol. The van der Waals surface area contributed by atoms with Crippen molar-refractivity contribution in [2.24, 2.45) is 7.05 Å². The van der Waals surface area contributed by atoms with Crippen molar-refractivity contribution in [1.82, 2.24) is 15.1 Å². The second kappa shape index (κ2) is 5.71. The van der Waals surface area contributed by atoms with Gasteiger partial charge in [0.2, 0.25) is 0 Å². The number of halogens is 1. The lowest BCUT2D eigenvalue weighted by atomic mass is 10.2. The molecule has 0 radical (unpaired) electrons. The fourth-order valence-electron chi connectivity index (χ4n) is 2.35. The minimum absolute atomic E-state index is 0.235. The minimum Gasteiger partial charge on any atom is -0.365 e. The second-order valence-electron chi connectivity index (χ2n) is 4.61. The van der Waals surface area contributed by atoms with Crippen molar-refractivity contribution in [1.29, 1.82) is 0 Å². The van der Waals surface area contributed by atoms with E-state index in [2.05, 4.69) is 22.2 Å². The maximum Gasteiger partial charge on any atom is 0.287 e. The molecule has 1 aromatic rings. The van der Waals surface area contributed by atoms with Gasteiger partial charge in [0, 0.05) is 26.2 Å². The predicted octanol–water partition coefficient (Wildman–Crippen LogP) is 1.01. The molecule has 1 fully saturated rings. The molecule has 1 unspecified atom stereocenters. The van der Waals surface area contributed by atoms with Crippen LogP contribution in [0, 0.1) is 0 Å². The van der Waals surface area contributed by atoms with Crippen LogP contribution >= 0.6 is 11.6 Å². The van der Waals surface area contributed by atoms with Crippen molar-refractivity contribution < 1.29 is 0 Å². The van der Waals surface area contributed by atoms with E-state index in [0.717, 1.165) is 38.2 Å². The summed E-state index contributed by atoms with van der Waals surface area (Å²) in [5.41, 5.74) is 0.525. The van der Waals surface area contributed by atoms with Crippen LogP contribution in [0.4, 0.5) is 5.69 Å². The molecule has 100 valence electrons. The van der Waals surface area contributed by atoms with E-state index in [9.17, 15) is 4.79 Å². The summed E-state index contributed by atoms with van der Waals surface area (Å²) < 4.78 is 1.27. The van der Waals surface area contributed by atoms with Crippen LogP contribution in [-0.4, -0.2) is 35.5 Å². The molecule has 0 aliphatic carbocycles. The maximum atomic E-state index is 11.8. The van der Waals surface area contributed by atoms with Crippen molar-refractivity contribution in [3.05, 3.63) is 21.6 Å². The molecule has 2 heterocycles. The van der Waals surface area contributed by atoms with Gasteiger partial charge in [0.25, 0.3) is 5.56 Å². The van der Waals surface area contributed by atoms with Gasteiger partial charge in [0.1, 0.15) is 5.02 Å². The fraction of sp³-hybridized carbons (Fsp3) is 0.667. The first-order valence-corrected chi connectivity index (χ1v) is 6.72. The molecule has 1 atom stereocenters. The van der Waals surface area contributed by atoms with E-state index < -0.39 is 0 Å². The Morgan fingerprint density at radius 1 is 1.67 bits per heavy atom. The molecule has 1 aliphatic rings. The van der Waals surface area contributed by atoms with Gasteiger partial charge in [0.05, 0.1) is 11.9 Å². The summed E-state index contributed by atoms with van der Waals surface area (Å²) in [5, 5.41) is 7.68. The van der Waals surface area contributed by atoms with Gasteiger partial charge < -0.3 is 10.2 Å². The highest BCUT2D eigenvalue weighted by Gasteiger charge is 2.24. The standard InChI is InChI=1S/C12H19ClN4O/c1-3-6-17(9-4-5-14-7-9)10-8-15-16(2)12(18)11(10)13/h8-9,14H,3-7H2,1-2H3. The van der Waals surface area contributed by atoms with Gasteiger partial charge in [-0.3, -0.25) is 4.79 Å². The molecule has 1 aromatic heterocycles. The Balaban J connectivity index is 2.36. The van der Waals surface area contributed by atoms with Crippen LogP contribution in [0.1, 0.15) is 19.8 Å². The molecule has 6 heteroatoms. The Morgan fingerprint density at radius 3 is 3.06 bits per heavy atom. The third kappa shape index (κ3) is 2.52. The van der Waals surface area contributed by atoms with Gasteiger partial charge in [0.15, 0.2) is 0 Å². The Hall–Kier alpha value is -1.07. The van der Waals surface area contributed by atoms with Crippen molar-refractivity contribution >= 4 is 17.3 Å². The van der Waals surface area contributed by atoms with E-state index in [1.54, 1.807) is 13.2 Å². The number of nitrogens with one attached hydrogen (secondary N) is 1. The average Bonchev–Trinajstić information content (AvgIpc) is 2.88. The molecule has 0 spiro atoms. The SMILES string of the molecule is CCCN(c1cnn(C)c(=O)c1Cl)C1CCNC1. The van der Waals surface area contributed by atoms with Crippen LogP contribution < -0.4 is 15.8 Å². The van der Waals surface area contributed by atoms with Gasteiger partial charge in [-0.15, -0.1) is 0 Å². The molecule has 0 amide bonds. The highest BCUT2D eigenvalue weighted by molar-refractivity contribution is 6.33. The van der Waals surface area contributed by atoms with Crippen LogP contribution in [0.5, 0.6) is 0 Å². The lowest BCUT2D eigenvalue weighted by Crippen LogP contribution is -2.39. The summed E-state index contributed by atoms with van der Waals surface area (Å²) >= 11 is 6.17. The van der Waals surface area contributed by atoms with Crippen molar-refractivity contribution in [2.75, 3.05) is 24.5 Å². The molecule has 1 aliphatic heterocycles. The largest absolute Gasteiger partial charge is 0.365 e. The van der Waals surface area contributed by atoms with Crippen molar-refractivity contribution in [2.45, 2.75) is 25.8 Å². The van der Waals surface area contributed by atoms with E-state index in [-0.39, 0.29) is 10.6 Å². The van der Waals surface area contributed by atoms with Crippen LogP contribution in [-0.2, 0) is 7.05 Å². The van der Waals surface area contributed by atoms with Gasteiger partial charge >= 0.3 is 0 Å². The number of nitrogens with zero attached hydrogens (tertiary/aromatic N) is 3. The summed E-state index contributed by atoms with van der Waals surface area (Å²) in [6.07, 6.45) is 3.78. The van der Waals surface area contributed by atoms with Crippen molar-refractivity contribution in [3.63, 3.8) is 0 Å². The number of aryl methyl sites for hydroxylation is 1. The van der Waals surface area contributed by atoms with E-state index >= 15 is 0 Å². The Kier molecular flexibility index (Phi) is 4.24. The first-order valence-electron chi connectivity index (χ1n) is 6.34. The molecule has 0 aromatic carbocycles. The molecular formula is C12H19ClN4O. The number of anilines is 1. The van der Waals surface area contributed by atoms with E-state index in [1.165, 1.54) is 4.68 Å². The molecule has 0 saturated carbocycles. The topological polar surface area (TPSA) is 50.2 Å². The summed E-state index contributed by atoms with van der Waals surface area (Å²) in [5.74, 6) is 0. The zero-order chi connectivity index (χ0) is 13.1. The van der Waals surface area contributed by atoms with E-state index in [4.69, 9.17) is 11.6 Å². The average molecular weight is 271 g/mol. The third-order valence-electron chi connectivity index (χ3n) is 3.31. The highest BCUT2D eigenvalue weighted by Crippen LogP contribution is 2.25. The summed E-state index contributed by atoms with van der Waals surface area (Å²) in [6.45, 7) is 4.96. The van der Waals surface area contributed by atoms with Gasteiger partial charge in [-0.25, -0.2) is 4.68 Å². The van der Waals surface area contributed by atoms with E-state index in [0.29, 0.717) is 6.04 Å². The zero-order valence-electron chi connectivity index (χ0n) is 10.8. The number of aromatic nitrogens is 2. The molecule has 0 bridgehead atoms. The number of rotatable bonds is 4. The van der Waals surface area contributed by atoms with Crippen LogP contribution in [0.2, 0.25) is 5.02 Å². The molecular weight excluding hydrogens is 252 g/mol. The summed E-state index contributed by atoms with van der Waals surface area (Å²) in [7, 11) is 1.61. The first-order chi connectivity index (χ1) is 8.65. The highest BCUT2D eigenvalue weighted by atomic mass is 35.5. The molecule has 2 rings (SSSR count). The minimum atomic E-state index is -0.235. The Bertz CT molecular complexity index is 468. The monoisotopic (exact) mass is 270 g/mol. The Morgan fingerprint density at radius 2 is 2.44 bits per heavy atom. The first kappa shape index (κ1) is 13.4. The van der Waals surface area contributed by atoms with Crippen LogP contribution in [0.3, 0.4) is 0 Å². The molecule has 1 saturated heterocycles. The lowest BCUT2D eigenvalue weighted by Gasteiger charge is -2.30. The maximum absolute atomic E-state index is 11.8. The van der Waals surface area contributed by atoms with Crippen LogP contribution in [0.25, 0.3) is 0 Å². The lowest BCUT2D eigenvalue weighted by molar-refractivity contribution is 0.616. The summed E-state index contributed by atoms with van der Waals surface area (Å²) in [4.78, 5) is 14.0. The third-order valence-corrected chi connectivity index (χ3v) is 3.66. The second-order valence-corrected chi connectivity index (χ2v) is 4.99. The molecule has 18 heavy (non-hydrogen) atoms. The summed E-state index contributed by atoms with van der Waals surface area (Å²) in [6, 6.07) is 0.399.